The number of aromatic nitrogens is 3. The lowest BCUT2D eigenvalue weighted by molar-refractivity contribution is -0.167. The van der Waals surface area contributed by atoms with E-state index >= 15 is 0 Å². The second-order valence-electron chi connectivity index (χ2n) is 24.5. The molecule has 0 N–H and O–H groups in total. The van der Waals surface area contributed by atoms with Crippen molar-refractivity contribution in [1.82, 2.24) is 19.4 Å². The lowest BCUT2D eigenvalue weighted by Crippen LogP contribution is -2.52. The molecule has 2 aromatic heterocycles. The molecule has 0 aliphatic carbocycles. The summed E-state index contributed by atoms with van der Waals surface area (Å²) in [7, 11) is 1.89. The molecular weight excluding hydrogens is 1180 g/mol. The molecule has 4 rings (SSSR count). The summed E-state index contributed by atoms with van der Waals surface area (Å²) in [5.74, 6) is -1.56. The van der Waals surface area contributed by atoms with E-state index < -0.39 is 24.1 Å². The van der Waals surface area contributed by atoms with Crippen LogP contribution < -0.4 is 9.64 Å². The Morgan fingerprint density at radius 1 is 0.689 bits per heavy atom. The Morgan fingerprint density at radius 3 is 1.73 bits per heavy atom. The molecule has 19 heteroatoms. The van der Waals surface area contributed by atoms with Gasteiger partial charge in [-0.3, -0.25) is 24.0 Å². The average molecular weight is 1290 g/mol. The summed E-state index contributed by atoms with van der Waals surface area (Å²) >= 11 is 13.1. The lowest BCUT2D eigenvalue weighted by Gasteiger charge is -2.42. The standard InChI is InChI=1S/C71H106Cl2N6O11/c1-6-8-10-12-14-16-18-20-22-24-26-28-30-32-34-38-64(81)86-52-58(53-87-65(82)39-35-33-31-29-27-25-23-21-19-17-15-13-11-9-7-2)89-67(84)47-55(3)37-36-40-66(83)90-68-60(72)48-57(49-61(68)73)51-88-71(85)79-46-43-59-69(75-54-76-70(59)79)77(5)62-50-78(45-42-56(62)4)63(80)41-44-74/h20-23,43,46,48-49,54-56,58,62H,6-19,24-42,45,47,50-53H2,1-5H3/b22-20-,23-21-/t55?,56-,62+/m1/s1. The fourth-order valence-corrected chi connectivity index (χ4v) is 11.8. The fraction of sp³-hybridized carbons (Fsp3) is 0.676. The number of benzene rings is 1. The third-order valence-electron chi connectivity index (χ3n) is 16.7. The van der Waals surface area contributed by atoms with Crippen LogP contribution in [0.4, 0.5) is 10.6 Å². The molecule has 17 nitrogen and oxygen atoms in total. The third-order valence-corrected chi connectivity index (χ3v) is 17.2. The number of amides is 1. The van der Waals surface area contributed by atoms with E-state index in [1.165, 1.54) is 100 Å². The van der Waals surface area contributed by atoms with Gasteiger partial charge in [-0.1, -0.05) is 178 Å². The molecule has 0 spiro atoms. The Morgan fingerprint density at radius 2 is 1.20 bits per heavy atom. The van der Waals surface area contributed by atoms with Crippen molar-refractivity contribution in [3.05, 3.63) is 70.6 Å². The van der Waals surface area contributed by atoms with E-state index in [-0.39, 0.29) is 103 Å². The van der Waals surface area contributed by atoms with Crippen molar-refractivity contribution in [3.8, 4) is 11.8 Å². The predicted molar refractivity (Wildman–Crippen MR) is 356 cm³/mol. The summed E-state index contributed by atoms with van der Waals surface area (Å²) in [5.41, 5.74) is 0.759. The first-order chi connectivity index (χ1) is 43.6. The highest BCUT2D eigenvalue weighted by atomic mass is 35.5. The summed E-state index contributed by atoms with van der Waals surface area (Å²) < 4.78 is 29.4. The summed E-state index contributed by atoms with van der Waals surface area (Å²) in [6, 6.07) is 6.55. The largest absolute Gasteiger partial charge is 0.462 e. The van der Waals surface area contributed by atoms with Gasteiger partial charge in [0, 0.05) is 52.0 Å². The number of hydrogen-bond donors (Lipinski definition) is 0. The van der Waals surface area contributed by atoms with Crippen molar-refractivity contribution in [1.29, 1.82) is 5.26 Å². The molecule has 0 saturated carbocycles. The van der Waals surface area contributed by atoms with E-state index in [9.17, 15) is 28.8 Å². The van der Waals surface area contributed by atoms with Crippen molar-refractivity contribution in [2.24, 2.45) is 11.8 Å². The molecule has 0 bridgehead atoms. The van der Waals surface area contributed by atoms with E-state index in [2.05, 4.69) is 55.0 Å². The highest BCUT2D eigenvalue weighted by Crippen LogP contribution is 2.36. The second kappa shape index (κ2) is 46.1. The number of hydrogen-bond acceptors (Lipinski definition) is 15. The van der Waals surface area contributed by atoms with E-state index in [0.29, 0.717) is 61.2 Å². The van der Waals surface area contributed by atoms with Crippen molar-refractivity contribution < 1.29 is 52.5 Å². The number of unbranched alkanes of at least 4 members (excludes halogenated alkanes) is 22. The first kappa shape index (κ1) is 76.5. The highest BCUT2D eigenvalue weighted by molar-refractivity contribution is 6.37. The topological polar surface area (TPSA) is 210 Å². The van der Waals surface area contributed by atoms with E-state index in [1.807, 2.05) is 24.9 Å². The average Bonchev–Trinajstić information content (AvgIpc) is 1.66. The minimum atomic E-state index is -0.971. The van der Waals surface area contributed by atoms with Crippen LogP contribution in [-0.4, -0.2) is 101 Å². The number of anilines is 1. The van der Waals surface area contributed by atoms with Crippen LogP contribution in [0.3, 0.4) is 0 Å². The van der Waals surface area contributed by atoms with Crippen molar-refractivity contribution in [3.63, 3.8) is 0 Å². The fourth-order valence-electron chi connectivity index (χ4n) is 11.2. The van der Waals surface area contributed by atoms with Gasteiger partial charge in [-0.05, 0) is 119 Å². The first-order valence-corrected chi connectivity index (χ1v) is 34.8. The normalized spacial score (nSPS) is 14.5. The summed E-state index contributed by atoms with van der Waals surface area (Å²) in [4.78, 5) is 90.6. The van der Waals surface area contributed by atoms with Gasteiger partial charge in [-0.15, -0.1) is 0 Å². The van der Waals surface area contributed by atoms with Gasteiger partial charge in [-0.25, -0.2) is 19.3 Å². The van der Waals surface area contributed by atoms with Gasteiger partial charge >= 0.3 is 30.0 Å². The number of halogens is 2. The van der Waals surface area contributed by atoms with Crippen LogP contribution in [0.15, 0.2) is 55.0 Å². The van der Waals surface area contributed by atoms with Gasteiger partial charge in [0.2, 0.25) is 5.91 Å². The predicted octanol–water partition coefficient (Wildman–Crippen LogP) is 17.7. The monoisotopic (exact) mass is 1290 g/mol. The van der Waals surface area contributed by atoms with Crippen LogP contribution in [-0.2, 0) is 49.5 Å². The van der Waals surface area contributed by atoms with Crippen molar-refractivity contribution >= 4 is 75.9 Å². The number of likely N-dealkylation sites (tertiary alicyclic amines) is 1. The Balaban J connectivity index is 1.19. The van der Waals surface area contributed by atoms with E-state index in [4.69, 9.17) is 52.1 Å². The number of rotatable bonds is 47. The molecule has 500 valence electrons. The Hall–Kier alpha value is -5.99. The molecule has 1 aliphatic heterocycles. The number of esters is 4. The summed E-state index contributed by atoms with van der Waals surface area (Å²) in [6.07, 6.45) is 42.4. The van der Waals surface area contributed by atoms with Gasteiger partial charge in [0.05, 0.1) is 27.5 Å². The number of carbonyl (C=O) groups excluding carboxylic acids is 6. The number of piperidine rings is 1. The van der Waals surface area contributed by atoms with Crippen LogP contribution in [0, 0.1) is 23.2 Å². The number of ether oxygens (including phenoxy) is 5. The van der Waals surface area contributed by atoms with E-state index in [0.717, 1.165) is 83.5 Å². The molecule has 0 radical (unpaired) electrons. The molecule has 1 unspecified atom stereocenters. The summed E-state index contributed by atoms with van der Waals surface area (Å²) in [5, 5.41) is 9.75. The molecule has 1 fully saturated rings. The van der Waals surface area contributed by atoms with Gasteiger partial charge in [0.1, 0.15) is 38.4 Å². The van der Waals surface area contributed by atoms with Gasteiger partial charge in [0.15, 0.2) is 17.5 Å². The maximum Gasteiger partial charge on any atom is 0.420 e. The molecular formula is C71H106Cl2N6O11. The van der Waals surface area contributed by atoms with Crippen LogP contribution in [0.25, 0.3) is 11.0 Å². The lowest BCUT2D eigenvalue weighted by atomic mass is 9.92. The maximum atomic E-state index is 13.4. The third kappa shape index (κ3) is 30.9. The molecule has 3 aromatic rings. The number of allylic oxidation sites excluding steroid dienone is 4. The molecule has 1 aliphatic rings. The Kier molecular flexibility index (Phi) is 39.2. The SMILES string of the molecule is CCCCCCCC/C=C\CCCCCCCC(=O)OCC(COC(=O)CCCCCCC/C=C\CCCCCCCC)OC(=O)CC(C)CCCC(=O)Oc1c(Cl)cc(COC(=O)n2ccc3c(N(C)[C@H]4CN(C(=O)CC#N)CC[C@H]4C)ncnc32)cc1Cl. The van der Waals surface area contributed by atoms with Gasteiger partial charge in [-0.2, -0.15) is 5.26 Å². The van der Waals surface area contributed by atoms with Gasteiger partial charge < -0.3 is 33.5 Å². The molecule has 1 aromatic carbocycles. The minimum absolute atomic E-state index is 0.000624. The van der Waals surface area contributed by atoms with Crippen molar-refractivity contribution in [2.75, 3.05) is 38.3 Å². The first-order valence-electron chi connectivity index (χ1n) is 34.0. The van der Waals surface area contributed by atoms with Crippen LogP contribution in [0.2, 0.25) is 10.0 Å². The maximum absolute atomic E-state index is 13.4. The molecule has 1 amide bonds. The smallest absolute Gasteiger partial charge is 0.420 e. The Bertz CT molecular complexity index is 2630. The summed E-state index contributed by atoms with van der Waals surface area (Å²) in [6.45, 7) is 8.79. The highest BCUT2D eigenvalue weighted by Gasteiger charge is 2.33. The van der Waals surface area contributed by atoms with Crippen LogP contribution in [0.5, 0.6) is 5.75 Å². The quantitative estimate of drug-likeness (QED) is 0.0169. The number of likely N-dealkylation sites (N-methyl/N-ethyl adjacent to an activating group) is 1. The van der Waals surface area contributed by atoms with Gasteiger partial charge in [0.25, 0.3) is 0 Å². The van der Waals surface area contributed by atoms with Crippen molar-refractivity contribution in [2.45, 2.75) is 265 Å². The Labute approximate surface area is 547 Å². The minimum Gasteiger partial charge on any atom is -0.462 e. The van der Waals surface area contributed by atoms with Crippen LogP contribution >= 0.6 is 23.2 Å². The zero-order chi connectivity index (χ0) is 65.1. The molecule has 1 saturated heterocycles. The number of fused-ring (bicyclic) bond motifs is 1. The zero-order valence-electron chi connectivity index (χ0n) is 55.0. The van der Waals surface area contributed by atoms with Crippen LogP contribution in [0.1, 0.15) is 252 Å². The number of carbonyl (C=O) groups is 6. The molecule has 3 heterocycles. The van der Waals surface area contributed by atoms with E-state index in [1.54, 1.807) is 17.2 Å². The molecule has 90 heavy (non-hydrogen) atoms. The number of nitriles is 1. The number of nitrogens with zero attached hydrogens (tertiary/aromatic N) is 6. The second-order valence-corrected chi connectivity index (χ2v) is 25.3. The zero-order valence-corrected chi connectivity index (χ0v) is 56.5. The molecule has 3 atom stereocenters.